The van der Waals surface area contributed by atoms with Gasteiger partial charge in [0.25, 0.3) is 0 Å². The minimum absolute atomic E-state index is 0.232. The summed E-state index contributed by atoms with van der Waals surface area (Å²) in [6.45, 7) is 4.13. The lowest BCUT2D eigenvalue weighted by molar-refractivity contribution is 0.0943. The molecule has 2 fully saturated rings. The average molecular weight is 311 g/mol. The summed E-state index contributed by atoms with van der Waals surface area (Å²) >= 11 is 3.48. The van der Waals surface area contributed by atoms with Crippen molar-refractivity contribution in [1.29, 1.82) is 0 Å². The van der Waals surface area contributed by atoms with Crippen LogP contribution in [0.25, 0.3) is 0 Å². The van der Waals surface area contributed by atoms with Crippen LogP contribution < -0.4 is 0 Å². The van der Waals surface area contributed by atoms with Gasteiger partial charge in [0.2, 0.25) is 0 Å². The molecule has 2 saturated carbocycles. The number of hydrogen-bond donors (Lipinski definition) is 0. The minimum atomic E-state index is 0.232. The molecule has 2 aliphatic carbocycles. The standard InChI is InChI=1S/C14H19BrN2O/c1-8(2)17-13(11(15)7-16-17)14(18)12-9-5-3-4-6-10(9)12/h7-10,12H,3-6H2,1-2H3. The number of hydrogen-bond acceptors (Lipinski definition) is 2. The van der Waals surface area contributed by atoms with Gasteiger partial charge in [-0.1, -0.05) is 12.8 Å². The molecule has 0 spiro atoms. The molecule has 3 rings (SSSR count). The Balaban J connectivity index is 1.87. The number of fused-ring (bicyclic) bond motifs is 1. The Morgan fingerprint density at radius 1 is 1.39 bits per heavy atom. The van der Waals surface area contributed by atoms with E-state index < -0.39 is 0 Å². The van der Waals surface area contributed by atoms with Crippen LogP contribution in [0.15, 0.2) is 10.7 Å². The number of ketones is 1. The highest BCUT2D eigenvalue weighted by atomic mass is 79.9. The molecule has 3 nitrogen and oxygen atoms in total. The van der Waals surface area contributed by atoms with Gasteiger partial charge in [-0.2, -0.15) is 5.10 Å². The summed E-state index contributed by atoms with van der Waals surface area (Å²) in [5, 5.41) is 4.31. The Labute approximate surface area is 116 Å². The molecule has 1 aromatic rings. The van der Waals surface area contributed by atoms with Crippen molar-refractivity contribution in [3.8, 4) is 0 Å². The van der Waals surface area contributed by atoms with Gasteiger partial charge >= 0.3 is 0 Å². The third kappa shape index (κ3) is 1.85. The first kappa shape index (κ1) is 12.4. The van der Waals surface area contributed by atoms with Crippen molar-refractivity contribution in [2.24, 2.45) is 17.8 Å². The van der Waals surface area contributed by atoms with Crippen molar-refractivity contribution in [3.63, 3.8) is 0 Å². The molecular weight excluding hydrogens is 292 g/mol. The number of halogens is 1. The predicted molar refractivity (Wildman–Crippen MR) is 73.6 cm³/mol. The molecule has 2 atom stereocenters. The van der Waals surface area contributed by atoms with E-state index in [1.54, 1.807) is 6.20 Å². The molecule has 4 heteroatoms. The van der Waals surface area contributed by atoms with E-state index in [1.807, 2.05) is 4.68 Å². The minimum Gasteiger partial charge on any atom is -0.292 e. The van der Waals surface area contributed by atoms with E-state index in [4.69, 9.17) is 0 Å². The Morgan fingerprint density at radius 3 is 2.56 bits per heavy atom. The van der Waals surface area contributed by atoms with E-state index in [0.717, 1.165) is 10.2 Å². The van der Waals surface area contributed by atoms with Gasteiger partial charge < -0.3 is 0 Å². The van der Waals surface area contributed by atoms with Crippen molar-refractivity contribution in [2.45, 2.75) is 45.6 Å². The number of aromatic nitrogens is 2. The van der Waals surface area contributed by atoms with Crippen LogP contribution in [-0.4, -0.2) is 15.6 Å². The highest BCUT2D eigenvalue weighted by Gasteiger charge is 2.55. The lowest BCUT2D eigenvalue weighted by atomic mass is 10.0. The van der Waals surface area contributed by atoms with Crippen LogP contribution in [0.4, 0.5) is 0 Å². The fraction of sp³-hybridized carbons (Fsp3) is 0.714. The van der Waals surface area contributed by atoms with Gasteiger partial charge in [-0.15, -0.1) is 0 Å². The molecule has 2 aliphatic rings. The van der Waals surface area contributed by atoms with E-state index in [2.05, 4.69) is 34.9 Å². The van der Waals surface area contributed by atoms with Crippen LogP contribution in [0.5, 0.6) is 0 Å². The van der Waals surface area contributed by atoms with Crippen molar-refractivity contribution in [2.75, 3.05) is 0 Å². The number of rotatable bonds is 3. The molecule has 1 heterocycles. The second kappa shape index (κ2) is 4.48. The lowest BCUT2D eigenvalue weighted by Crippen LogP contribution is -2.15. The summed E-state index contributed by atoms with van der Waals surface area (Å²) < 4.78 is 2.71. The van der Waals surface area contributed by atoms with Gasteiger partial charge in [0.05, 0.1) is 10.7 Å². The fourth-order valence-electron chi connectivity index (χ4n) is 3.50. The normalized spacial score (nSPS) is 30.3. The zero-order valence-electron chi connectivity index (χ0n) is 10.9. The first-order chi connectivity index (χ1) is 8.61. The maximum absolute atomic E-state index is 12.7. The fourth-order valence-corrected chi connectivity index (χ4v) is 3.97. The highest BCUT2D eigenvalue weighted by Crippen LogP contribution is 2.56. The molecular formula is C14H19BrN2O. The molecule has 0 aromatic carbocycles. The van der Waals surface area contributed by atoms with Gasteiger partial charge in [0.15, 0.2) is 5.78 Å². The molecule has 2 unspecified atom stereocenters. The van der Waals surface area contributed by atoms with Crippen LogP contribution in [0.2, 0.25) is 0 Å². The Bertz CT molecular complexity index is 468. The second-order valence-electron chi connectivity index (χ2n) is 5.88. The SMILES string of the molecule is CC(C)n1ncc(Br)c1C(=O)C1C2CCCCC21. The number of carbonyl (C=O) groups excluding carboxylic acids is 1. The molecule has 1 aromatic heterocycles. The first-order valence-corrected chi connectivity index (χ1v) is 7.67. The van der Waals surface area contributed by atoms with E-state index in [0.29, 0.717) is 17.6 Å². The van der Waals surface area contributed by atoms with E-state index in [1.165, 1.54) is 25.7 Å². The topological polar surface area (TPSA) is 34.9 Å². The monoisotopic (exact) mass is 310 g/mol. The lowest BCUT2D eigenvalue weighted by Gasteiger charge is -2.10. The predicted octanol–water partition coefficient (Wildman–Crippen LogP) is 3.85. The molecule has 0 N–H and O–H groups in total. The largest absolute Gasteiger partial charge is 0.292 e. The zero-order chi connectivity index (χ0) is 12.9. The van der Waals surface area contributed by atoms with Crippen LogP contribution in [0.3, 0.4) is 0 Å². The van der Waals surface area contributed by atoms with E-state index in [-0.39, 0.29) is 12.0 Å². The maximum Gasteiger partial charge on any atom is 0.185 e. The van der Waals surface area contributed by atoms with E-state index >= 15 is 0 Å². The van der Waals surface area contributed by atoms with Gasteiger partial charge in [0, 0.05) is 12.0 Å². The van der Waals surface area contributed by atoms with Gasteiger partial charge in [-0.25, -0.2) is 0 Å². The zero-order valence-corrected chi connectivity index (χ0v) is 12.5. The second-order valence-corrected chi connectivity index (χ2v) is 6.74. The summed E-state index contributed by atoms with van der Waals surface area (Å²) in [5.74, 6) is 1.91. The quantitative estimate of drug-likeness (QED) is 0.795. The summed E-state index contributed by atoms with van der Waals surface area (Å²) in [6, 6.07) is 0.232. The average Bonchev–Trinajstić information content (AvgIpc) is 2.95. The van der Waals surface area contributed by atoms with Crippen LogP contribution in [0, 0.1) is 17.8 Å². The smallest absolute Gasteiger partial charge is 0.185 e. The van der Waals surface area contributed by atoms with Crippen molar-refractivity contribution < 1.29 is 4.79 Å². The molecule has 0 amide bonds. The summed E-state index contributed by atoms with van der Waals surface area (Å²) in [7, 11) is 0. The molecule has 18 heavy (non-hydrogen) atoms. The number of nitrogens with zero attached hydrogens (tertiary/aromatic N) is 2. The van der Waals surface area contributed by atoms with Crippen LogP contribution >= 0.6 is 15.9 Å². The van der Waals surface area contributed by atoms with Crippen molar-refractivity contribution in [1.82, 2.24) is 9.78 Å². The van der Waals surface area contributed by atoms with Crippen molar-refractivity contribution in [3.05, 3.63) is 16.4 Å². The third-order valence-electron chi connectivity index (χ3n) is 4.43. The molecule has 0 radical (unpaired) electrons. The van der Waals surface area contributed by atoms with Crippen molar-refractivity contribution >= 4 is 21.7 Å². The molecule has 0 saturated heterocycles. The highest BCUT2D eigenvalue weighted by molar-refractivity contribution is 9.10. The number of carbonyl (C=O) groups is 1. The summed E-state index contributed by atoms with van der Waals surface area (Å²) in [6.07, 6.45) is 6.84. The van der Waals surface area contributed by atoms with E-state index in [9.17, 15) is 4.79 Å². The molecule has 98 valence electrons. The molecule has 0 bridgehead atoms. The Morgan fingerprint density at radius 2 is 2.00 bits per heavy atom. The summed E-state index contributed by atoms with van der Waals surface area (Å²) in [5.41, 5.74) is 0.782. The Hall–Kier alpha value is -0.640. The van der Waals surface area contributed by atoms with Gasteiger partial charge in [0.1, 0.15) is 5.69 Å². The molecule has 0 aliphatic heterocycles. The van der Waals surface area contributed by atoms with Gasteiger partial charge in [-0.3, -0.25) is 9.48 Å². The summed E-state index contributed by atoms with van der Waals surface area (Å²) in [4.78, 5) is 12.7. The first-order valence-electron chi connectivity index (χ1n) is 6.88. The third-order valence-corrected chi connectivity index (χ3v) is 5.01. The van der Waals surface area contributed by atoms with Gasteiger partial charge in [-0.05, 0) is 54.5 Å². The van der Waals surface area contributed by atoms with Crippen LogP contribution in [-0.2, 0) is 0 Å². The maximum atomic E-state index is 12.7. The Kier molecular flexibility index (Phi) is 3.08. The van der Waals surface area contributed by atoms with Crippen LogP contribution in [0.1, 0.15) is 56.1 Å². The number of Topliss-reactive ketones (excluding diaryl/α,β-unsaturated/α-hetero) is 1.